The monoisotopic (exact) mass is 253 g/mol. The molecular weight excluding hydrogens is 233 g/mol. The van der Waals surface area contributed by atoms with Crippen LogP contribution in [0.15, 0.2) is 12.1 Å². The Kier molecular flexibility index (Phi) is 3.76. The minimum absolute atomic E-state index is 0.276. The normalized spacial score (nSPS) is 17.8. The number of halogens is 1. The first-order valence-electron chi connectivity index (χ1n) is 6.29. The summed E-state index contributed by atoms with van der Waals surface area (Å²) in [4.78, 5) is 0. The van der Waals surface area contributed by atoms with E-state index in [-0.39, 0.29) is 11.2 Å². The molecule has 0 unspecified atom stereocenters. The lowest BCUT2D eigenvalue weighted by molar-refractivity contribution is 0.354. The molecule has 18 heavy (non-hydrogen) atoms. The van der Waals surface area contributed by atoms with E-state index >= 15 is 0 Å². The number of nitrogens with two attached hydrogens (primary N) is 1. The SMILES string of the molecule is COc1cc(F)c(C2(CN)CCCC2)c(OC)c1. The van der Waals surface area contributed by atoms with Gasteiger partial charge in [0.1, 0.15) is 17.3 Å². The van der Waals surface area contributed by atoms with E-state index in [2.05, 4.69) is 0 Å². The van der Waals surface area contributed by atoms with Crippen LogP contribution >= 0.6 is 0 Å². The molecule has 1 aliphatic rings. The molecule has 4 heteroatoms. The summed E-state index contributed by atoms with van der Waals surface area (Å²) in [6, 6.07) is 3.14. The lowest BCUT2D eigenvalue weighted by Gasteiger charge is -2.30. The van der Waals surface area contributed by atoms with Gasteiger partial charge in [0.25, 0.3) is 0 Å². The summed E-state index contributed by atoms with van der Waals surface area (Å²) in [5.74, 6) is 0.732. The van der Waals surface area contributed by atoms with E-state index in [0.29, 0.717) is 23.6 Å². The van der Waals surface area contributed by atoms with Gasteiger partial charge in [-0.2, -0.15) is 0 Å². The second kappa shape index (κ2) is 5.14. The molecule has 100 valence electrons. The van der Waals surface area contributed by atoms with E-state index in [4.69, 9.17) is 15.2 Å². The summed E-state index contributed by atoms with van der Waals surface area (Å²) in [7, 11) is 3.07. The third-order valence-corrected chi connectivity index (χ3v) is 3.96. The highest BCUT2D eigenvalue weighted by Gasteiger charge is 2.39. The van der Waals surface area contributed by atoms with E-state index in [1.165, 1.54) is 13.2 Å². The zero-order chi connectivity index (χ0) is 13.2. The lowest BCUT2D eigenvalue weighted by Crippen LogP contribution is -2.33. The predicted octanol–water partition coefficient (Wildman–Crippen LogP) is 2.61. The highest BCUT2D eigenvalue weighted by molar-refractivity contribution is 5.47. The fraction of sp³-hybridized carbons (Fsp3) is 0.571. The van der Waals surface area contributed by atoms with E-state index in [9.17, 15) is 4.39 Å². The van der Waals surface area contributed by atoms with Crippen LogP contribution < -0.4 is 15.2 Å². The fourth-order valence-corrected chi connectivity index (χ4v) is 2.96. The summed E-state index contributed by atoms with van der Waals surface area (Å²) in [5, 5.41) is 0. The van der Waals surface area contributed by atoms with Crippen molar-refractivity contribution in [1.82, 2.24) is 0 Å². The Balaban J connectivity index is 2.55. The summed E-state index contributed by atoms with van der Waals surface area (Å²) in [6.07, 6.45) is 4.02. The van der Waals surface area contributed by atoms with Crippen LogP contribution in [0.2, 0.25) is 0 Å². The summed E-state index contributed by atoms with van der Waals surface area (Å²) in [6.45, 7) is 0.451. The van der Waals surface area contributed by atoms with Gasteiger partial charge in [-0.3, -0.25) is 0 Å². The Labute approximate surface area is 107 Å². The minimum atomic E-state index is -0.279. The van der Waals surface area contributed by atoms with Crippen molar-refractivity contribution in [2.75, 3.05) is 20.8 Å². The smallest absolute Gasteiger partial charge is 0.134 e. The minimum Gasteiger partial charge on any atom is -0.497 e. The van der Waals surface area contributed by atoms with E-state index < -0.39 is 0 Å². The molecular formula is C14H20FNO2. The van der Waals surface area contributed by atoms with Gasteiger partial charge in [-0.1, -0.05) is 12.8 Å². The molecule has 0 spiro atoms. The van der Waals surface area contributed by atoms with Gasteiger partial charge in [0.15, 0.2) is 0 Å². The van der Waals surface area contributed by atoms with Crippen LogP contribution in [0.3, 0.4) is 0 Å². The standard InChI is InChI=1S/C14H20FNO2/c1-17-10-7-11(15)13(12(8-10)18-2)14(9-16)5-3-4-6-14/h7-8H,3-6,9,16H2,1-2H3. The number of methoxy groups -OCH3 is 2. The van der Waals surface area contributed by atoms with Crippen LogP contribution in [0.25, 0.3) is 0 Å². The van der Waals surface area contributed by atoms with E-state index in [1.807, 2.05) is 0 Å². The van der Waals surface area contributed by atoms with Crippen molar-refractivity contribution in [2.45, 2.75) is 31.1 Å². The summed E-state index contributed by atoms with van der Waals surface area (Å²) >= 11 is 0. The number of hydrogen-bond donors (Lipinski definition) is 1. The van der Waals surface area contributed by atoms with Crippen molar-refractivity contribution in [3.8, 4) is 11.5 Å². The lowest BCUT2D eigenvalue weighted by atomic mass is 9.78. The molecule has 1 aromatic carbocycles. The van der Waals surface area contributed by atoms with Crippen LogP contribution in [-0.4, -0.2) is 20.8 Å². The Morgan fingerprint density at radius 2 is 1.89 bits per heavy atom. The Bertz CT molecular complexity index is 428. The molecule has 0 amide bonds. The van der Waals surface area contributed by atoms with E-state index in [0.717, 1.165) is 25.7 Å². The molecule has 3 nitrogen and oxygen atoms in total. The van der Waals surface area contributed by atoms with Gasteiger partial charge in [-0.15, -0.1) is 0 Å². The number of hydrogen-bond acceptors (Lipinski definition) is 3. The second-order valence-electron chi connectivity index (χ2n) is 4.88. The molecule has 0 aromatic heterocycles. The molecule has 0 radical (unpaired) electrons. The highest BCUT2D eigenvalue weighted by Crippen LogP contribution is 2.46. The maximum atomic E-state index is 14.4. The van der Waals surface area contributed by atoms with Gasteiger partial charge in [0, 0.05) is 29.7 Å². The zero-order valence-corrected chi connectivity index (χ0v) is 11.0. The second-order valence-corrected chi connectivity index (χ2v) is 4.88. The summed E-state index contributed by atoms with van der Waals surface area (Å²) in [5.41, 5.74) is 6.25. The van der Waals surface area contributed by atoms with Crippen molar-refractivity contribution in [2.24, 2.45) is 5.73 Å². The molecule has 1 aliphatic carbocycles. The van der Waals surface area contributed by atoms with Crippen LogP contribution in [0.1, 0.15) is 31.2 Å². The quantitative estimate of drug-likeness (QED) is 0.897. The first kappa shape index (κ1) is 13.1. The molecule has 1 fully saturated rings. The maximum Gasteiger partial charge on any atom is 0.134 e. The van der Waals surface area contributed by atoms with Crippen molar-refractivity contribution >= 4 is 0 Å². The fourth-order valence-electron chi connectivity index (χ4n) is 2.96. The molecule has 1 saturated carbocycles. The third kappa shape index (κ3) is 2.05. The van der Waals surface area contributed by atoms with Crippen LogP contribution in [-0.2, 0) is 5.41 Å². The molecule has 0 aliphatic heterocycles. The number of benzene rings is 1. The van der Waals surface area contributed by atoms with E-state index in [1.54, 1.807) is 13.2 Å². The average Bonchev–Trinajstić information content (AvgIpc) is 2.87. The predicted molar refractivity (Wildman–Crippen MR) is 68.7 cm³/mol. The van der Waals surface area contributed by atoms with Gasteiger partial charge < -0.3 is 15.2 Å². The maximum absolute atomic E-state index is 14.4. The molecule has 0 atom stereocenters. The van der Waals surface area contributed by atoms with Gasteiger partial charge >= 0.3 is 0 Å². The number of ether oxygens (including phenoxy) is 2. The largest absolute Gasteiger partial charge is 0.497 e. The van der Waals surface area contributed by atoms with Crippen LogP contribution in [0.4, 0.5) is 4.39 Å². The zero-order valence-electron chi connectivity index (χ0n) is 11.0. The molecule has 0 bridgehead atoms. The first-order chi connectivity index (χ1) is 8.66. The molecule has 2 N–H and O–H groups in total. The topological polar surface area (TPSA) is 44.5 Å². The van der Waals surface area contributed by atoms with Crippen LogP contribution in [0.5, 0.6) is 11.5 Å². The van der Waals surface area contributed by atoms with Crippen molar-refractivity contribution in [1.29, 1.82) is 0 Å². The van der Waals surface area contributed by atoms with Gasteiger partial charge in [0.05, 0.1) is 14.2 Å². The van der Waals surface area contributed by atoms with Gasteiger partial charge in [-0.25, -0.2) is 4.39 Å². The summed E-state index contributed by atoms with van der Waals surface area (Å²) < 4.78 is 24.8. The first-order valence-corrected chi connectivity index (χ1v) is 6.29. The van der Waals surface area contributed by atoms with Crippen molar-refractivity contribution in [3.63, 3.8) is 0 Å². The highest BCUT2D eigenvalue weighted by atomic mass is 19.1. The Morgan fingerprint density at radius 1 is 1.22 bits per heavy atom. The van der Waals surface area contributed by atoms with Gasteiger partial charge in [-0.05, 0) is 12.8 Å². The van der Waals surface area contributed by atoms with Crippen molar-refractivity contribution in [3.05, 3.63) is 23.5 Å². The van der Waals surface area contributed by atoms with Gasteiger partial charge in [0.2, 0.25) is 0 Å². The average molecular weight is 253 g/mol. The molecule has 0 saturated heterocycles. The molecule has 2 rings (SSSR count). The molecule has 0 heterocycles. The Hall–Kier alpha value is -1.29. The van der Waals surface area contributed by atoms with Crippen LogP contribution in [0, 0.1) is 5.82 Å². The number of rotatable bonds is 4. The Morgan fingerprint density at radius 3 is 2.39 bits per heavy atom. The third-order valence-electron chi connectivity index (χ3n) is 3.96. The molecule has 1 aromatic rings. The van der Waals surface area contributed by atoms with Crippen molar-refractivity contribution < 1.29 is 13.9 Å².